The van der Waals surface area contributed by atoms with Crippen LogP contribution in [0.2, 0.25) is 0 Å². The monoisotopic (exact) mass is 897 g/mol. The van der Waals surface area contributed by atoms with Crippen LogP contribution in [0, 0.1) is 79.3 Å². The van der Waals surface area contributed by atoms with Crippen LogP contribution in [0.1, 0.15) is 156 Å². The van der Waals surface area contributed by atoms with Gasteiger partial charge in [0.25, 0.3) is 0 Å². The minimum Gasteiger partial charge on any atom is -0.481 e. The normalized spacial score (nSPS) is 40.8. The maximum Gasteiger partial charge on any atom is 0.310 e. The van der Waals surface area contributed by atoms with E-state index in [2.05, 4.69) is 63.0 Å². The van der Waals surface area contributed by atoms with Gasteiger partial charge in [-0.3, -0.25) is 19.4 Å². The lowest BCUT2D eigenvalue weighted by Crippen LogP contribution is -2.71. The van der Waals surface area contributed by atoms with Gasteiger partial charge in [-0.25, -0.2) is 4.98 Å². The van der Waals surface area contributed by atoms with E-state index in [1.807, 2.05) is 68.7 Å². The first-order chi connectivity index (χ1) is 31.3. The number of pyridine rings is 1. The van der Waals surface area contributed by atoms with Crippen LogP contribution >= 0.6 is 0 Å². The average Bonchev–Trinajstić information content (AvgIpc) is 4.07. The van der Waals surface area contributed by atoms with Gasteiger partial charge in [-0.1, -0.05) is 91.0 Å². The molecule has 3 aromatic rings. The van der Waals surface area contributed by atoms with Crippen molar-refractivity contribution in [3.8, 4) is 11.3 Å². The number of aliphatic carboxylic acids is 1. The number of carbonyl (C=O) groups excluding carboxylic acids is 2. The van der Waals surface area contributed by atoms with Crippen molar-refractivity contribution in [2.75, 3.05) is 6.54 Å². The number of nitrogens with zero attached hydrogens (tertiary/aromatic N) is 3. The maximum atomic E-state index is 15.6. The largest absolute Gasteiger partial charge is 0.481 e. The lowest BCUT2D eigenvalue weighted by atomic mass is 9.29. The zero-order valence-electron chi connectivity index (χ0n) is 41.1. The number of benzene rings is 1. The van der Waals surface area contributed by atoms with Gasteiger partial charge in [0.05, 0.1) is 34.7 Å². The summed E-state index contributed by atoms with van der Waals surface area (Å²) in [6.07, 6.45) is 18.1. The van der Waals surface area contributed by atoms with Crippen molar-refractivity contribution < 1.29 is 24.2 Å². The van der Waals surface area contributed by atoms with Crippen LogP contribution in [-0.4, -0.2) is 49.3 Å². The molecular formula is C57H76N4O5. The Balaban J connectivity index is 0.908. The zero-order valence-corrected chi connectivity index (χ0v) is 41.1. The summed E-state index contributed by atoms with van der Waals surface area (Å²) in [4.78, 5) is 58.2. The van der Waals surface area contributed by atoms with Crippen LogP contribution in [-0.2, 0) is 25.7 Å². The van der Waals surface area contributed by atoms with Crippen molar-refractivity contribution >= 4 is 17.8 Å². The first-order valence-electron chi connectivity index (χ1n) is 25.6. The van der Waals surface area contributed by atoms with E-state index in [4.69, 9.17) is 9.72 Å². The molecule has 6 saturated carbocycles. The van der Waals surface area contributed by atoms with Crippen LogP contribution in [0.3, 0.4) is 0 Å². The number of imidazole rings is 1. The van der Waals surface area contributed by atoms with E-state index in [0.717, 1.165) is 106 Å². The molecule has 2 N–H and O–H groups in total. The number of fused-ring (bicyclic) bond motifs is 7. The standard InChI is InChI=1S/C57H76N4O5/c1-35(2)38-21-26-56(49(63)61-30-14-18-42(61)47-59-33-41(60-47)37-17-13-29-58-32-37)28-27-54(8)39(46(38)56)19-20-45-53(7)24-22-44(51(3,4)43(53)23-25-55(45,54)9)57(50(64)65)31-40(52(57,5)6)48(62)66-34-36-15-11-10-12-16-36/h10-13,15-17,29,32-33,38-40,42-46H,1,14,18-28,30-31,34H2,2-9H3,(H,59,60)(H,64,65)/t38-,39+,40?,42-,43+,44-,45+,46+,53+,54+,55+,56-,57?/m0/s1. The quantitative estimate of drug-likeness (QED) is 0.162. The molecule has 1 aliphatic heterocycles. The fourth-order valence-electron chi connectivity index (χ4n) is 18.5. The smallest absolute Gasteiger partial charge is 0.310 e. The number of carboxylic acid groups (broad SMARTS) is 1. The van der Waals surface area contributed by atoms with Gasteiger partial charge in [-0.15, -0.1) is 0 Å². The van der Waals surface area contributed by atoms with E-state index in [9.17, 15) is 14.7 Å². The van der Waals surface area contributed by atoms with E-state index < -0.39 is 28.1 Å². The SMILES string of the molecule is C=C(C)[C@@H]1CC[C@]2(C(=O)N3CCC[C@H]3c3ncc(-c4cccnc4)[nH]3)CC[C@]3(C)[C@H](CC[C@@H]4[C@]5(C)CC[C@H](C6(C(=O)O)CC(C(=O)OCc7ccccc7)C6(C)C)C(C)(C)[C@H]5CC[C@]43C)[C@@H]12. The molecule has 9 heteroatoms. The summed E-state index contributed by atoms with van der Waals surface area (Å²) in [5.74, 6) is 1.60. The summed E-state index contributed by atoms with van der Waals surface area (Å²) in [6.45, 7) is 24.6. The number of aromatic amines is 1. The van der Waals surface area contributed by atoms with Crippen LogP contribution in [0.15, 0.2) is 73.2 Å². The average molecular weight is 897 g/mol. The minimum absolute atomic E-state index is 0.0524. The molecule has 0 bridgehead atoms. The molecule has 66 heavy (non-hydrogen) atoms. The molecule has 2 aromatic heterocycles. The molecule has 3 heterocycles. The van der Waals surface area contributed by atoms with Crippen molar-refractivity contribution in [1.29, 1.82) is 0 Å². The number of carbonyl (C=O) groups is 3. The number of hydrogen-bond acceptors (Lipinski definition) is 6. The molecule has 0 radical (unpaired) electrons. The Morgan fingerprint density at radius 3 is 2.29 bits per heavy atom. The molecule has 7 fully saturated rings. The van der Waals surface area contributed by atoms with Gasteiger partial charge in [0.2, 0.25) is 5.91 Å². The molecule has 1 saturated heterocycles. The van der Waals surface area contributed by atoms with Gasteiger partial charge in [0.15, 0.2) is 0 Å². The number of likely N-dealkylation sites (tertiary alicyclic amines) is 1. The number of rotatable bonds is 9. The number of esters is 1. The van der Waals surface area contributed by atoms with E-state index in [0.29, 0.717) is 36.0 Å². The number of nitrogens with one attached hydrogen (secondary N) is 1. The Labute approximate surface area is 393 Å². The predicted molar refractivity (Wildman–Crippen MR) is 256 cm³/mol. The molecule has 2 unspecified atom stereocenters. The van der Waals surface area contributed by atoms with Crippen molar-refractivity contribution in [1.82, 2.24) is 19.9 Å². The van der Waals surface area contributed by atoms with Gasteiger partial charge < -0.3 is 19.7 Å². The van der Waals surface area contributed by atoms with Crippen LogP contribution < -0.4 is 0 Å². The molecule has 1 amide bonds. The zero-order chi connectivity index (χ0) is 46.8. The fourth-order valence-corrected chi connectivity index (χ4v) is 18.5. The molecular weight excluding hydrogens is 821 g/mol. The number of ether oxygens (including phenoxy) is 1. The number of aromatic nitrogens is 3. The Hall–Kier alpha value is -4.27. The van der Waals surface area contributed by atoms with Gasteiger partial charge in [-0.2, -0.15) is 0 Å². The van der Waals surface area contributed by atoms with Gasteiger partial charge >= 0.3 is 11.9 Å². The molecule has 9 nitrogen and oxygen atoms in total. The van der Waals surface area contributed by atoms with E-state index >= 15 is 4.79 Å². The Bertz CT molecular complexity index is 2390. The maximum absolute atomic E-state index is 15.6. The summed E-state index contributed by atoms with van der Waals surface area (Å²) in [6, 6.07) is 13.7. The summed E-state index contributed by atoms with van der Waals surface area (Å²) >= 11 is 0. The molecule has 0 spiro atoms. The molecule has 13 atom stereocenters. The van der Waals surface area contributed by atoms with E-state index in [1.54, 1.807) is 6.20 Å². The number of amides is 1. The van der Waals surface area contributed by atoms with Crippen LogP contribution in [0.25, 0.3) is 11.3 Å². The number of H-pyrrole nitrogens is 1. The highest BCUT2D eigenvalue weighted by atomic mass is 16.5. The van der Waals surface area contributed by atoms with Gasteiger partial charge in [-0.05, 0) is 171 Å². The third-order valence-electron chi connectivity index (χ3n) is 22.0. The van der Waals surface area contributed by atoms with Gasteiger partial charge in [0.1, 0.15) is 12.4 Å². The van der Waals surface area contributed by atoms with Crippen molar-refractivity contribution in [2.45, 2.75) is 152 Å². The summed E-state index contributed by atoms with van der Waals surface area (Å²) in [5.41, 5.74) is 1.91. The fraction of sp³-hybridized carbons (Fsp3) is 0.667. The first kappa shape index (κ1) is 45.5. The second-order valence-corrected chi connectivity index (χ2v) is 24.7. The lowest BCUT2D eigenvalue weighted by Gasteiger charge is -2.74. The molecule has 7 aliphatic rings. The Morgan fingerprint density at radius 1 is 0.833 bits per heavy atom. The highest BCUT2D eigenvalue weighted by Crippen LogP contribution is 2.80. The van der Waals surface area contributed by atoms with Crippen molar-refractivity contribution in [2.24, 2.45) is 79.3 Å². The number of hydrogen-bond donors (Lipinski definition) is 2. The lowest BCUT2D eigenvalue weighted by molar-refractivity contribution is -0.269. The van der Waals surface area contributed by atoms with Gasteiger partial charge in [0, 0.05) is 24.5 Å². The predicted octanol–water partition coefficient (Wildman–Crippen LogP) is 12.3. The second kappa shape index (κ2) is 15.6. The minimum atomic E-state index is -1.01. The third kappa shape index (κ3) is 6.17. The van der Waals surface area contributed by atoms with Crippen LogP contribution in [0.5, 0.6) is 0 Å². The Kier molecular flexibility index (Phi) is 10.8. The molecule has 6 aliphatic carbocycles. The number of carboxylic acids is 1. The third-order valence-corrected chi connectivity index (χ3v) is 22.0. The highest BCUT2D eigenvalue weighted by Gasteiger charge is 2.77. The van der Waals surface area contributed by atoms with E-state index in [1.165, 1.54) is 5.57 Å². The molecule has 354 valence electrons. The molecule has 10 rings (SSSR count). The Morgan fingerprint density at radius 2 is 1.59 bits per heavy atom. The molecule has 1 aromatic carbocycles. The van der Waals surface area contributed by atoms with E-state index in [-0.39, 0.29) is 52.1 Å². The highest BCUT2D eigenvalue weighted by molar-refractivity contribution is 5.85. The summed E-state index contributed by atoms with van der Waals surface area (Å²) in [7, 11) is 0. The second-order valence-electron chi connectivity index (χ2n) is 24.7. The van der Waals surface area contributed by atoms with Crippen molar-refractivity contribution in [3.05, 3.63) is 84.6 Å². The number of allylic oxidation sites excluding steroid dienone is 1. The topological polar surface area (TPSA) is 125 Å². The van der Waals surface area contributed by atoms with Crippen molar-refractivity contribution in [3.63, 3.8) is 0 Å². The summed E-state index contributed by atoms with van der Waals surface area (Å²) in [5, 5.41) is 11.4. The summed E-state index contributed by atoms with van der Waals surface area (Å²) < 4.78 is 5.87. The first-order valence-corrected chi connectivity index (χ1v) is 25.6. The van der Waals surface area contributed by atoms with Crippen LogP contribution in [0.4, 0.5) is 0 Å².